The molecule has 2 aromatic carbocycles. The molecule has 0 saturated carbocycles. The summed E-state index contributed by atoms with van der Waals surface area (Å²) in [6, 6.07) is 11.2. The summed E-state index contributed by atoms with van der Waals surface area (Å²) in [5, 5.41) is 13.4. The van der Waals surface area contributed by atoms with Gasteiger partial charge in [0.05, 0.1) is 28.3 Å². The number of anilines is 2. The zero-order valence-corrected chi connectivity index (χ0v) is 17.4. The first-order valence-electron chi connectivity index (χ1n) is 9.39. The van der Waals surface area contributed by atoms with Crippen LogP contribution in [0.1, 0.15) is 24.2 Å². The monoisotopic (exact) mass is 452 g/mol. The molecule has 0 bridgehead atoms. The fourth-order valence-corrected chi connectivity index (χ4v) is 3.68. The van der Waals surface area contributed by atoms with Crippen molar-refractivity contribution in [3.8, 4) is 11.8 Å². The van der Waals surface area contributed by atoms with E-state index in [2.05, 4.69) is 15.3 Å². The molecule has 160 valence electrons. The minimum absolute atomic E-state index is 0.0398. The highest BCUT2D eigenvalue weighted by atomic mass is 35.5. The quantitative estimate of drug-likeness (QED) is 0.476. The number of nitrogens with zero attached hydrogens (tertiary/aromatic N) is 4. The number of hydrogen-bond acceptors (Lipinski definition) is 6. The van der Waals surface area contributed by atoms with Crippen molar-refractivity contribution in [1.29, 1.82) is 5.26 Å². The van der Waals surface area contributed by atoms with Gasteiger partial charge in [-0.05, 0) is 36.6 Å². The molecule has 0 unspecified atom stereocenters. The number of nitrogen functional groups attached to an aromatic ring is 1. The topological polar surface area (TPSA) is 110 Å². The van der Waals surface area contributed by atoms with Gasteiger partial charge in [0.2, 0.25) is 5.95 Å². The zero-order valence-electron chi connectivity index (χ0n) is 16.6. The largest absolute Gasteiger partial charge is 0.368 e. The zero-order chi connectivity index (χ0) is 23.0. The van der Waals surface area contributed by atoms with Gasteiger partial charge in [-0.15, -0.1) is 0 Å². The number of nitriles is 1. The van der Waals surface area contributed by atoms with Gasteiger partial charge in [-0.1, -0.05) is 23.7 Å². The molecule has 0 spiro atoms. The summed E-state index contributed by atoms with van der Waals surface area (Å²) in [5.41, 5.74) is 5.80. The van der Waals surface area contributed by atoms with Gasteiger partial charge in [-0.2, -0.15) is 10.2 Å². The smallest absolute Gasteiger partial charge is 0.264 e. The first-order chi connectivity index (χ1) is 15.3. The van der Waals surface area contributed by atoms with Crippen molar-refractivity contribution in [1.82, 2.24) is 14.5 Å². The van der Waals surface area contributed by atoms with Crippen molar-refractivity contribution >= 4 is 34.1 Å². The Hall–Kier alpha value is -4.03. The average molecular weight is 453 g/mol. The van der Waals surface area contributed by atoms with Crippen LogP contribution in [0.3, 0.4) is 0 Å². The van der Waals surface area contributed by atoms with Gasteiger partial charge in [0.1, 0.15) is 17.5 Å². The minimum atomic E-state index is -1.10. The Bertz CT molecular complexity index is 1460. The Kier molecular flexibility index (Phi) is 5.47. The van der Waals surface area contributed by atoms with E-state index in [0.29, 0.717) is 11.1 Å². The van der Waals surface area contributed by atoms with Crippen LogP contribution in [0, 0.1) is 23.0 Å². The third kappa shape index (κ3) is 3.72. The van der Waals surface area contributed by atoms with E-state index in [1.54, 1.807) is 31.2 Å². The van der Waals surface area contributed by atoms with Gasteiger partial charge in [0, 0.05) is 11.8 Å². The normalized spacial score (nSPS) is 11.8. The van der Waals surface area contributed by atoms with Crippen LogP contribution < -0.4 is 16.6 Å². The molecule has 2 aromatic heterocycles. The Morgan fingerprint density at radius 3 is 2.72 bits per heavy atom. The molecule has 0 aliphatic carbocycles. The molecule has 0 aliphatic heterocycles. The van der Waals surface area contributed by atoms with Gasteiger partial charge < -0.3 is 11.1 Å². The number of pyridine rings is 1. The number of halogens is 3. The number of nitrogens with two attached hydrogens (primary N) is 1. The maximum atomic E-state index is 14.0. The van der Waals surface area contributed by atoms with Crippen molar-refractivity contribution in [2.75, 3.05) is 11.1 Å². The standard InChI is InChI=1S/C22H15ClF2N6O/c1-11(29-20-13(9-26)10-28-22(27)30-20)18-7-12-3-2-4-15(23)19(12)21(32)31(18)14-5-6-16(24)17(25)8-14/h2-8,10-11H,1H3,(H3,27,28,29,30)/t11-/m0/s1. The molecule has 3 N–H and O–H groups in total. The first-order valence-corrected chi connectivity index (χ1v) is 9.76. The van der Waals surface area contributed by atoms with Gasteiger partial charge in [-0.3, -0.25) is 9.36 Å². The van der Waals surface area contributed by atoms with Gasteiger partial charge in [0.15, 0.2) is 11.6 Å². The molecule has 0 amide bonds. The molecule has 2 heterocycles. The first kappa shape index (κ1) is 21.2. The number of hydrogen-bond donors (Lipinski definition) is 2. The lowest BCUT2D eigenvalue weighted by Crippen LogP contribution is -2.26. The Labute approximate surface area is 185 Å². The van der Waals surface area contributed by atoms with Crippen molar-refractivity contribution in [3.63, 3.8) is 0 Å². The van der Waals surface area contributed by atoms with Crippen molar-refractivity contribution in [2.45, 2.75) is 13.0 Å². The van der Waals surface area contributed by atoms with E-state index in [9.17, 15) is 18.8 Å². The van der Waals surface area contributed by atoms with E-state index in [1.807, 2.05) is 6.07 Å². The van der Waals surface area contributed by atoms with Crippen LogP contribution >= 0.6 is 11.6 Å². The summed E-state index contributed by atoms with van der Waals surface area (Å²) in [5.74, 6) is -2.01. The average Bonchev–Trinajstić information content (AvgIpc) is 2.76. The number of benzene rings is 2. The van der Waals surface area contributed by atoms with Crippen molar-refractivity contribution in [2.24, 2.45) is 0 Å². The second kappa shape index (κ2) is 8.24. The summed E-state index contributed by atoms with van der Waals surface area (Å²) in [4.78, 5) is 21.3. The minimum Gasteiger partial charge on any atom is -0.368 e. The molecule has 0 aliphatic rings. The molecule has 1 atom stereocenters. The summed E-state index contributed by atoms with van der Waals surface area (Å²) < 4.78 is 28.8. The Morgan fingerprint density at radius 2 is 2.00 bits per heavy atom. The summed E-state index contributed by atoms with van der Waals surface area (Å²) in [6.45, 7) is 1.72. The molecule has 0 saturated heterocycles. The predicted octanol–water partition coefficient (Wildman–Crippen LogP) is 4.34. The van der Waals surface area contributed by atoms with Crippen LogP contribution in [0.5, 0.6) is 0 Å². The summed E-state index contributed by atoms with van der Waals surface area (Å²) in [7, 11) is 0. The number of aromatic nitrogens is 3. The fourth-order valence-electron chi connectivity index (χ4n) is 3.42. The maximum absolute atomic E-state index is 14.0. The van der Waals surface area contributed by atoms with Crippen LogP contribution in [0.15, 0.2) is 53.5 Å². The van der Waals surface area contributed by atoms with Gasteiger partial charge >= 0.3 is 0 Å². The second-order valence-corrected chi connectivity index (χ2v) is 7.39. The highest BCUT2D eigenvalue weighted by molar-refractivity contribution is 6.35. The van der Waals surface area contributed by atoms with Crippen molar-refractivity contribution < 1.29 is 8.78 Å². The molecular weight excluding hydrogens is 438 g/mol. The molecule has 10 heteroatoms. The maximum Gasteiger partial charge on any atom is 0.264 e. The van der Waals surface area contributed by atoms with E-state index < -0.39 is 23.2 Å². The highest BCUT2D eigenvalue weighted by Crippen LogP contribution is 2.28. The molecule has 4 aromatic rings. The number of nitrogens with one attached hydrogen (secondary N) is 1. The van der Waals surface area contributed by atoms with E-state index in [1.165, 1.54) is 16.8 Å². The van der Waals surface area contributed by atoms with Crippen LogP contribution in [0.4, 0.5) is 20.5 Å². The number of fused-ring (bicyclic) bond motifs is 1. The lowest BCUT2D eigenvalue weighted by molar-refractivity contribution is 0.507. The molecule has 4 rings (SSSR count). The lowest BCUT2D eigenvalue weighted by atomic mass is 10.1. The van der Waals surface area contributed by atoms with Crippen LogP contribution in [-0.2, 0) is 0 Å². The molecule has 0 radical (unpaired) electrons. The van der Waals surface area contributed by atoms with Crippen LogP contribution in [0.2, 0.25) is 5.02 Å². The van der Waals surface area contributed by atoms with Gasteiger partial charge in [-0.25, -0.2) is 13.8 Å². The third-order valence-corrected chi connectivity index (χ3v) is 5.23. The third-order valence-electron chi connectivity index (χ3n) is 4.91. The van der Waals surface area contributed by atoms with E-state index >= 15 is 0 Å². The van der Waals surface area contributed by atoms with Crippen LogP contribution in [-0.4, -0.2) is 14.5 Å². The Balaban J connectivity index is 1.96. The number of rotatable bonds is 4. The summed E-state index contributed by atoms with van der Waals surface area (Å²) >= 11 is 6.27. The molecule has 0 fully saturated rings. The van der Waals surface area contributed by atoms with Crippen molar-refractivity contribution in [3.05, 3.63) is 86.9 Å². The van der Waals surface area contributed by atoms with Crippen LogP contribution in [0.25, 0.3) is 16.5 Å². The second-order valence-electron chi connectivity index (χ2n) is 6.98. The predicted molar refractivity (Wildman–Crippen MR) is 118 cm³/mol. The van der Waals surface area contributed by atoms with E-state index in [4.69, 9.17) is 17.3 Å². The molecular formula is C22H15ClF2N6O. The molecule has 32 heavy (non-hydrogen) atoms. The highest BCUT2D eigenvalue weighted by Gasteiger charge is 2.20. The molecule has 7 nitrogen and oxygen atoms in total. The fraction of sp³-hybridized carbons (Fsp3) is 0.0909. The lowest BCUT2D eigenvalue weighted by Gasteiger charge is -2.22. The van der Waals surface area contributed by atoms with E-state index in [-0.39, 0.29) is 33.4 Å². The Morgan fingerprint density at radius 1 is 1.22 bits per heavy atom. The summed E-state index contributed by atoms with van der Waals surface area (Å²) in [6.07, 6.45) is 1.28. The van der Waals surface area contributed by atoms with E-state index in [0.717, 1.165) is 12.1 Å². The SMILES string of the molecule is C[C@H](Nc1nc(N)ncc1C#N)c1cc2cccc(Cl)c2c(=O)n1-c1ccc(F)c(F)c1. The van der Waals surface area contributed by atoms with Gasteiger partial charge in [0.25, 0.3) is 5.56 Å².